The number of thioether (sulfide) groups is 1. The van der Waals surface area contributed by atoms with E-state index in [1.165, 1.54) is 12.1 Å². The summed E-state index contributed by atoms with van der Waals surface area (Å²) in [5.41, 5.74) is 0.919. The average Bonchev–Trinajstić information content (AvgIpc) is 2.45. The number of carbonyl (C=O) groups is 1. The van der Waals surface area contributed by atoms with Gasteiger partial charge in [0.1, 0.15) is 11.9 Å². The summed E-state index contributed by atoms with van der Waals surface area (Å²) in [5.74, 6) is 1.36. The van der Waals surface area contributed by atoms with Gasteiger partial charge < -0.3 is 9.64 Å². The van der Waals surface area contributed by atoms with Crippen molar-refractivity contribution in [1.82, 2.24) is 4.90 Å². The fourth-order valence-electron chi connectivity index (χ4n) is 2.04. The van der Waals surface area contributed by atoms with Crippen LogP contribution in [0.2, 0.25) is 0 Å². The van der Waals surface area contributed by atoms with Crippen molar-refractivity contribution < 1.29 is 13.9 Å². The molecule has 1 aromatic rings. The first-order chi connectivity index (χ1) is 9.20. The molecule has 0 spiro atoms. The molecule has 0 radical (unpaired) electrons. The lowest BCUT2D eigenvalue weighted by molar-refractivity contribution is -0.136. The standard InChI is InChI=1S/C14H18FNO2S/c1-2-19-10-14(17)16-7-8-18-13(9-16)11-3-5-12(15)6-4-11/h3-6,13H,2,7-10H2,1H3. The Morgan fingerprint density at radius 3 is 2.89 bits per heavy atom. The van der Waals surface area contributed by atoms with E-state index in [4.69, 9.17) is 4.74 Å². The first-order valence-electron chi connectivity index (χ1n) is 6.43. The third-order valence-corrected chi connectivity index (χ3v) is 3.95. The lowest BCUT2D eigenvalue weighted by Gasteiger charge is -2.33. The van der Waals surface area contributed by atoms with E-state index in [0.717, 1.165) is 11.3 Å². The van der Waals surface area contributed by atoms with Crippen molar-refractivity contribution in [3.8, 4) is 0 Å². The zero-order valence-electron chi connectivity index (χ0n) is 11.0. The molecule has 1 saturated heterocycles. The van der Waals surface area contributed by atoms with Crippen LogP contribution >= 0.6 is 11.8 Å². The van der Waals surface area contributed by atoms with Crippen LogP contribution in [0.3, 0.4) is 0 Å². The van der Waals surface area contributed by atoms with Gasteiger partial charge in [0, 0.05) is 6.54 Å². The maximum Gasteiger partial charge on any atom is 0.232 e. The predicted molar refractivity (Wildman–Crippen MR) is 74.7 cm³/mol. The van der Waals surface area contributed by atoms with E-state index in [2.05, 4.69) is 0 Å². The Bertz CT molecular complexity index is 424. The molecule has 1 heterocycles. The van der Waals surface area contributed by atoms with Gasteiger partial charge in [-0.1, -0.05) is 19.1 Å². The summed E-state index contributed by atoms with van der Waals surface area (Å²) in [6.07, 6.45) is -0.148. The summed E-state index contributed by atoms with van der Waals surface area (Å²) < 4.78 is 18.6. The van der Waals surface area contributed by atoms with Gasteiger partial charge in [0.25, 0.3) is 0 Å². The molecular formula is C14H18FNO2S. The van der Waals surface area contributed by atoms with Crippen molar-refractivity contribution in [2.45, 2.75) is 13.0 Å². The number of carbonyl (C=O) groups excluding carboxylic acids is 1. The second-order valence-electron chi connectivity index (χ2n) is 4.39. The molecule has 1 unspecified atom stereocenters. The molecule has 3 nitrogen and oxygen atoms in total. The molecule has 1 atom stereocenters. The number of hydrogen-bond acceptors (Lipinski definition) is 3. The van der Waals surface area contributed by atoms with Crippen molar-refractivity contribution in [2.24, 2.45) is 0 Å². The molecule has 1 aliphatic heterocycles. The lowest BCUT2D eigenvalue weighted by atomic mass is 10.1. The summed E-state index contributed by atoms with van der Waals surface area (Å²) in [6.45, 7) is 3.76. The van der Waals surface area contributed by atoms with Gasteiger partial charge >= 0.3 is 0 Å². The van der Waals surface area contributed by atoms with E-state index >= 15 is 0 Å². The van der Waals surface area contributed by atoms with E-state index in [-0.39, 0.29) is 17.8 Å². The van der Waals surface area contributed by atoms with Crippen LogP contribution in [0.4, 0.5) is 4.39 Å². The molecule has 5 heteroatoms. The fourth-order valence-corrected chi connectivity index (χ4v) is 2.60. The van der Waals surface area contributed by atoms with Crippen LogP contribution in [-0.2, 0) is 9.53 Å². The molecule has 1 aromatic carbocycles. The van der Waals surface area contributed by atoms with Crippen LogP contribution < -0.4 is 0 Å². The normalized spacial score (nSPS) is 19.5. The molecule has 2 rings (SSSR count). The van der Waals surface area contributed by atoms with Crippen LogP contribution in [0, 0.1) is 5.82 Å². The number of morpholine rings is 1. The molecule has 1 amide bonds. The Hall–Kier alpha value is -1.07. The summed E-state index contributed by atoms with van der Waals surface area (Å²) >= 11 is 1.63. The third kappa shape index (κ3) is 3.94. The number of rotatable bonds is 4. The minimum atomic E-state index is -0.258. The number of hydrogen-bond donors (Lipinski definition) is 0. The quantitative estimate of drug-likeness (QED) is 0.850. The molecular weight excluding hydrogens is 265 g/mol. The smallest absolute Gasteiger partial charge is 0.232 e. The molecule has 0 bridgehead atoms. The molecule has 1 fully saturated rings. The Morgan fingerprint density at radius 1 is 1.47 bits per heavy atom. The topological polar surface area (TPSA) is 29.5 Å². The minimum Gasteiger partial charge on any atom is -0.370 e. The number of nitrogens with zero attached hydrogens (tertiary/aromatic N) is 1. The molecule has 0 aromatic heterocycles. The van der Waals surface area contributed by atoms with Gasteiger partial charge in [-0.15, -0.1) is 0 Å². The first-order valence-corrected chi connectivity index (χ1v) is 7.58. The third-order valence-electron chi connectivity index (χ3n) is 3.09. The van der Waals surface area contributed by atoms with Gasteiger partial charge in [0.2, 0.25) is 5.91 Å². The highest BCUT2D eigenvalue weighted by Gasteiger charge is 2.25. The second kappa shape index (κ2) is 6.91. The minimum absolute atomic E-state index is 0.148. The molecule has 19 heavy (non-hydrogen) atoms. The van der Waals surface area contributed by atoms with E-state index in [1.54, 1.807) is 23.9 Å². The van der Waals surface area contributed by atoms with Gasteiger partial charge in [-0.3, -0.25) is 4.79 Å². The maximum absolute atomic E-state index is 12.9. The van der Waals surface area contributed by atoms with Crippen molar-refractivity contribution in [3.05, 3.63) is 35.6 Å². The highest BCUT2D eigenvalue weighted by molar-refractivity contribution is 7.99. The average molecular weight is 283 g/mol. The SMILES string of the molecule is CCSCC(=O)N1CCOC(c2ccc(F)cc2)C1. The summed E-state index contributed by atoms with van der Waals surface area (Å²) in [5, 5.41) is 0. The molecule has 1 aliphatic rings. The van der Waals surface area contributed by atoms with Gasteiger partial charge in [-0.05, 0) is 23.4 Å². The van der Waals surface area contributed by atoms with Crippen LogP contribution in [-0.4, -0.2) is 42.0 Å². The second-order valence-corrected chi connectivity index (χ2v) is 5.66. The van der Waals surface area contributed by atoms with E-state index in [9.17, 15) is 9.18 Å². The van der Waals surface area contributed by atoms with Gasteiger partial charge in [0.15, 0.2) is 0 Å². The lowest BCUT2D eigenvalue weighted by Crippen LogP contribution is -2.43. The van der Waals surface area contributed by atoms with Crippen LogP contribution in [0.1, 0.15) is 18.6 Å². The molecule has 0 saturated carbocycles. The van der Waals surface area contributed by atoms with E-state index in [1.807, 2.05) is 11.8 Å². The van der Waals surface area contributed by atoms with Crippen molar-refractivity contribution in [2.75, 3.05) is 31.2 Å². The largest absolute Gasteiger partial charge is 0.370 e. The zero-order valence-corrected chi connectivity index (χ0v) is 11.8. The highest BCUT2D eigenvalue weighted by Crippen LogP contribution is 2.22. The fraction of sp³-hybridized carbons (Fsp3) is 0.500. The summed E-state index contributed by atoms with van der Waals surface area (Å²) in [4.78, 5) is 13.8. The van der Waals surface area contributed by atoms with Crippen LogP contribution in [0.15, 0.2) is 24.3 Å². The Kier molecular flexibility index (Phi) is 5.22. The zero-order chi connectivity index (χ0) is 13.7. The number of halogens is 1. The Balaban J connectivity index is 1.96. The first kappa shape index (κ1) is 14.3. The monoisotopic (exact) mass is 283 g/mol. The molecule has 0 aliphatic carbocycles. The number of amides is 1. The maximum atomic E-state index is 12.9. The summed E-state index contributed by atoms with van der Waals surface area (Å²) in [6, 6.07) is 6.28. The van der Waals surface area contributed by atoms with E-state index in [0.29, 0.717) is 25.4 Å². The van der Waals surface area contributed by atoms with Crippen molar-refractivity contribution in [1.29, 1.82) is 0 Å². The van der Waals surface area contributed by atoms with Crippen LogP contribution in [0.25, 0.3) is 0 Å². The van der Waals surface area contributed by atoms with Crippen molar-refractivity contribution in [3.63, 3.8) is 0 Å². The molecule has 104 valence electrons. The predicted octanol–water partition coefficient (Wildman–Crippen LogP) is 2.48. The summed E-state index contributed by atoms with van der Waals surface area (Å²) in [7, 11) is 0. The Morgan fingerprint density at radius 2 is 2.21 bits per heavy atom. The number of ether oxygens (including phenoxy) is 1. The van der Waals surface area contributed by atoms with Crippen molar-refractivity contribution >= 4 is 17.7 Å². The van der Waals surface area contributed by atoms with Crippen LogP contribution in [0.5, 0.6) is 0 Å². The van der Waals surface area contributed by atoms with Gasteiger partial charge in [-0.25, -0.2) is 4.39 Å². The van der Waals surface area contributed by atoms with Gasteiger partial charge in [-0.2, -0.15) is 11.8 Å². The van der Waals surface area contributed by atoms with E-state index < -0.39 is 0 Å². The highest BCUT2D eigenvalue weighted by atomic mass is 32.2. The molecule has 0 N–H and O–H groups in total. The Labute approximate surface area is 117 Å². The number of benzene rings is 1. The van der Waals surface area contributed by atoms with Gasteiger partial charge in [0.05, 0.1) is 18.9 Å².